The third-order valence-electron chi connectivity index (χ3n) is 2.91. The lowest BCUT2D eigenvalue weighted by Gasteiger charge is -2.04. The Balaban J connectivity index is 2.34. The van der Waals surface area contributed by atoms with Crippen molar-refractivity contribution < 1.29 is 4.79 Å². The van der Waals surface area contributed by atoms with Crippen LogP contribution >= 0.6 is 0 Å². The van der Waals surface area contributed by atoms with Crippen LogP contribution in [0.1, 0.15) is 36.0 Å². The molecule has 0 saturated heterocycles. The van der Waals surface area contributed by atoms with Crippen LogP contribution in [0.5, 0.6) is 0 Å². The highest BCUT2D eigenvalue weighted by atomic mass is 16.1. The molecule has 14 heavy (non-hydrogen) atoms. The number of hydrogen-bond donors (Lipinski definition) is 0. The van der Waals surface area contributed by atoms with Gasteiger partial charge in [-0.3, -0.25) is 4.79 Å². The maximum absolute atomic E-state index is 10.2. The Kier molecular flexibility index (Phi) is 2.49. The van der Waals surface area contributed by atoms with E-state index in [-0.39, 0.29) is 0 Å². The lowest BCUT2D eigenvalue weighted by Crippen LogP contribution is -1.87. The van der Waals surface area contributed by atoms with Gasteiger partial charge in [0.25, 0.3) is 0 Å². The van der Waals surface area contributed by atoms with Gasteiger partial charge in [-0.25, -0.2) is 0 Å². The maximum Gasteiger partial charge on any atom is 0.142 e. The van der Waals surface area contributed by atoms with Gasteiger partial charge in [0.2, 0.25) is 0 Å². The Morgan fingerprint density at radius 2 is 2.29 bits per heavy atom. The SMILES string of the molecule is CC1CCc2ccc(C=CC=O)cc21. The van der Waals surface area contributed by atoms with E-state index in [1.165, 1.54) is 24.0 Å². The van der Waals surface area contributed by atoms with E-state index in [1.807, 2.05) is 6.08 Å². The number of aldehydes is 1. The second kappa shape index (κ2) is 3.79. The number of allylic oxidation sites excluding steroid dienone is 1. The van der Waals surface area contributed by atoms with E-state index in [0.717, 1.165) is 11.8 Å². The predicted molar refractivity (Wildman–Crippen MR) is 58.3 cm³/mol. The van der Waals surface area contributed by atoms with Gasteiger partial charge in [-0.15, -0.1) is 0 Å². The number of rotatable bonds is 2. The minimum Gasteiger partial charge on any atom is -0.299 e. The van der Waals surface area contributed by atoms with Crippen LogP contribution in [0.3, 0.4) is 0 Å². The molecule has 2 rings (SSSR count). The summed E-state index contributed by atoms with van der Waals surface area (Å²) in [5, 5.41) is 0. The molecule has 1 atom stereocenters. The Morgan fingerprint density at radius 1 is 1.43 bits per heavy atom. The Morgan fingerprint density at radius 3 is 3.07 bits per heavy atom. The van der Waals surface area contributed by atoms with Crippen molar-refractivity contribution in [3.63, 3.8) is 0 Å². The smallest absolute Gasteiger partial charge is 0.142 e. The molecule has 0 fully saturated rings. The van der Waals surface area contributed by atoms with E-state index in [1.54, 1.807) is 6.08 Å². The molecule has 1 aliphatic carbocycles. The zero-order valence-corrected chi connectivity index (χ0v) is 8.36. The Bertz CT molecular complexity index is 377. The number of aryl methyl sites for hydroxylation is 1. The van der Waals surface area contributed by atoms with E-state index in [2.05, 4.69) is 25.1 Å². The molecule has 1 heteroatoms. The summed E-state index contributed by atoms with van der Waals surface area (Å²) in [7, 11) is 0. The number of carbonyl (C=O) groups is 1. The highest BCUT2D eigenvalue weighted by Crippen LogP contribution is 2.33. The molecule has 1 aromatic rings. The van der Waals surface area contributed by atoms with E-state index >= 15 is 0 Å². The molecule has 1 aliphatic rings. The maximum atomic E-state index is 10.2. The first-order valence-electron chi connectivity index (χ1n) is 5.06. The first kappa shape index (κ1) is 9.20. The fourth-order valence-electron chi connectivity index (χ4n) is 2.08. The van der Waals surface area contributed by atoms with Crippen LogP contribution in [0.4, 0.5) is 0 Å². The summed E-state index contributed by atoms with van der Waals surface area (Å²) in [5.41, 5.74) is 4.06. The monoisotopic (exact) mass is 186 g/mol. The van der Waals surface area contributed by atoms with Gasteiger partial charge in [0.05, 0.1) is 0 Å². The number of benzene rings is 1. The van der Waals surface area contributed by atoms with Crippen molar-refractivity contribution in [2.24, 2.45) is 0 Å². The van der Waals surface area contributed by atoms with Crippen LogP contribution in [-0.4, -0.2) is 6.29 Å². The summed E-state index contributed by atoms with van der Waals surface area (Å²) < 4.78 is 0. The van der Waals surface area contributed by atoms with Crippen LogP contribution < -0.4 is 0 Å². The lowest BCUT2D eigenvalue weighted by atomic mass is 10.0. The second-order valence-corrected chi connectivity index (χ2v) is 3.89. The van der Waals surface area contributed by atoms with Crippen molar-refractivity contribution in [1.82, 2.24) is 0 Å². The molecule has 0 N–H and O–H groups in total. The molecule has 0 heterocycles. The highest BCUT2D eigenvalue weighted by Gasteiger charge is 2.17. The molecule has 1 nitrogen and oxygen atoms in total. The Labute approximate surface area is 84.5 Å². The van der Waals surface area contributed by atoms with Gasteiger partial charge in [0.1, 0.15) is 6.29 Å². The molecule has 0 bridgehead atoms. The summed E-state index contributed by atoms with van der Waals surface area (Å²) in [5.74, 6) is 0.676. The quantitative estimate of drug-likeness (QED) is 0.512. The molecule has 0 amide bonds. The molecule has 0 aromatic heterocycles. The summed E-state index contributed by atoms with van der Waals surface area (Å²) in [6.45, 7) is 2.26. The van der Waals surface area contributed by atoms with Crippen molar-refractivity contribution >= 4 is 12.4 Å². The first-order valence-corrected chi connectivity index (χ1v) is 5.06. The number of carbonyl (C=O) groups excluding carboxylic acids is 1. The van der Waals surface area contributed by atoms with Crippen molar-refractivity contribution in [3.8, 4) is 0 Å². The minimum atomic E-state index is 0.676. The van der Waals surface area contributed by atoms with Gasteiger partial charge < -0.3 is 0 Å². The molecule has 0 saturated carbocycles. The van der Waals surface area contributed by atoms with E-state index in [0.29, 0.717) is 5.92 Å². The molecule has 72 valence electrons. The molecule has 0 radical (unpaired) electrons. The summed E-state index contributed by atoms with van der Waals surface area (Å²) in [6, 6.07) is 6.47. The average Bonchev–Trinajstić information content (AvgIpc) is 2.57. The predicted octanol–water partition coefficient (Wildman–Crippen LogP) is 2.95. The lowest BCUT2D eigenvalue weighted by molar-refractivity contribution is -0.104. The molecule has 1 unspecified atom stereocenters. The zero-order valence-electron chi connectivity index (χ0n) is 8.36. The van der Waals surface area contributed by atoms with Gasteiger partial charge in [-0.1, -0.05) is 31.2 Å². The summed E-state index contributed by atoms with van der Waals surface area (Å²) >= 11 is 0. The topological polar surface area (TPSA) is 17.1 Å². The molecule has 1 aromatic carbocycles. The van der Waals surface area contributed by atoms with Crippen molar-refractivity contribution in [3.05, 3.63) is 41.0 Å². The number of hydrogen-bond acceptors (Lipinski definition) is 1. The zero-order chi connectivity index (χ0) is 9.97. The third kappa shape index (κ3) is 1.63. The minimum absolute atomic E-state index is 0.676. The van der Waals surface area contributed by atoms with Crippen LogP contribution in [0, 0.1) is 0 Å². The van der Waals surface area contributed by atoms with E-state index < -0.39 is 0 Å². The van der Waals surface area contributed by atoms with Gasteiger partial charge in [0, 0.05) is 0 Å². The number of fused-ring (bicyclic) bond motifs is 1. The fourth-order valence-corrected chi connectivity index (χ4v) is 2.08. The normalized spacial score (nSPS) is 19.9. The molecular formula is C13H14O. The van der Waals surface area contributed by atoms with Crippen LogP contribution in [0.25, 0.3) is 6.08 Å². The van der Waals surface area contributed by atoms with Crippen molar-refractivity contribution in [2.75, 3.05) is 0 Å². The Hall–Kier alpha value is -1.37. The second-order valence-electron chi connectivity index (χ2n) is 3.89. The van der Waals surface area contributed by atoms with Crippen LogP contribution in [-0.2, 0) is 11.2 Å². The first-order chi connectivity index (χ1) is 6.81. The standard InChI is InChI=1S/C13H14O/c1-10-4-6-12-7-5-11(3-2-8-14)9-13(10)12/h2-3,5,7-10H,4,6H2,1H3. The van der Waals surface area contributed by atoms with Gasteiger partial charge in [0.15, 0.2) is 0 Å². The average molecular weight is 186 g/mol. The van der Waals surface area contributed by atoms with Crippen molar-refractivity contribution in [2.45, 2.75) is 25.7 Å². The van der Waals surface area contributed by atoms with E-state index in [4.69, 9.17) is 0 Å². The fraction of sp³-hybridized carbons (Fsp3) is 0.308. The summed E-state index contributed by atoms with van der Waals surface area (Å²) in [4.78, 5) is 10.2. The van der Waals surface area contributed by atoms with Crippen LogP contribution in [0.2, 0.25) is 0 Å². The molecule has 0 aliphatic heterocycles. The van der Waals surface area contributed by atoms with Crippen molar-refractivity contribution in [1.29, 1.82) is 0 Å². The van der Waals surface area contributed by atoms with Gasteiger partial charge in [-0.05, 0) is 41.5 Å². The van der Waals surface area contributed by atoms with Crippen LogP contribution in [0.15, 0.2) is 24.3 Å². The summed E-state index contributed by atoms with van der Waals surface area (Å²) in [6.07, 6.45) is 6.68. The third-order valence-corrected chi connectivity index (χ3v) is 2.91. The van der Waals surface area contributed by atoms with Gasteiger partial charge in [-0.2, -0.15) is 0 Å². The molecular weight excluding hydrogens is 172 g/mol. The largest absolute Gasteiger partial charge is 0.299 e. The highest BCUT2D eigenvalue weighted by molar-refractivity contribution is 5.74. The molecule has 0 spiro atoms. The van der Waals surface area contributed by atoms with E-state index in [9.17, 15) is 4.79 Å². The van der Waals surface area contributed by atoms with Gasteiger partial charge >= 0.3 is 0 Å².